The molecule has 1 atom stereocenters. The number of carbonyl (C=O) groups excluding carboxylic acids is 2. The van der Waals surface area contributed by atoms with E-state index in [1.54, 1.807) is 19.0 Å². The van der Waals surface area contributed by atoms with Crippen molar-refractivity contribution >= 4 is 27.9 Å². The Balaban J connectivity index is 1.84. The summed E-state index contributed by atoms with van der Waals surface area (Å²) in [5, 5.41) is 2.80. The van der Waals surface area contributed by atoms with Gasteiger partial charge in [0.2, 0.25) is 5.91 Å². The summed E-state index contributed by atoms with van der Waals surface area (Å²) in [5.74, 6) is 0.0000153. The average molecular weight is 384 g/mol. The van der Waals surface area contributed by atoms with Gasteiger partial charge in [-0.2, -0.15) is 0 Å². The number of morpholine rings is 1. The number of urea groups is 1. The summed E-state index contributed by atoms with van der Waals surface area (Å²) in [6.07, 6.45) is 0.185. The van der Waals surface area contributed by atoms with E-state index in [-0.39, 0.29) is 18.0 Å². The predicted molar refractivity (Wildman–Crippen MR) is 91.1 cm³/mol. The molecule has 0 spiro atoms. The fourth-order valence-electron chi connectivity index (χ4n) is 2.32. The van der Waals surface area contributed by atoms with Crippen LogP contribution >= 0.6 is 15.9 Å². The molecule has 1 aromatic carbocycles. The number of amides is 3. The van der Waals surface area contributed by atoms with Gasteiger partial charge >= 0.3 is 6.03 Å². The lowest BCUT2D eigenvalue weighted by atomic mass is 10.1. The molecule has 126 valence electrons. The third-order valence-electron chi connectivity index (χ3n) is 3.71. The lowest BCUT2D eigenvalue weighted by Crippen LogP contribution is -2.47. The van der Waals surface area contributed by atoms with Gasteiger partial charge in [0, 0.05) is 38.1 Å². The molecular weight excluding hydrogens is 362 g/mol. The van der Waals surface area contributed by atoms with E-state index in [1.807, 2.05) is 24.3 Å². The minimum atomic E-state index is -0.151. The maximum atomic E-state index is 12.2. The van der Waals surface area contributed by atoms with Crippen molar-refractivity contribution in [2.24, 2.45) is 0 Å². The van der Waals surface area contributed by atoms with Gasteiger partial charge in [-0.05, 0) is 17.7 Å². The van der Waals surface area contributed by atoms with Crippen LogP contribution in [-0.4, -0.2) is 62.1 Å². The number of nitrogens with one attached hydrogen (secondary N) is 1. The Morgan fingerprint density at radius 3 is 2.70 bits per heavy atom. The van der Waals surface area contributed by atoms with Crippen LogP contribution in [0.25, 0.3) is 0 Å². The molecule has 3 amide bonds. The van der Waals surface area contributed by atoms with Crippen LogP contribution in [-0.2, 0) is 9.53 Å². The third kappa shape index (κ3) is 5.21. The fraction of sp³-hybridized carbons (Fsp3) is 0.500. The minimum absolute atomic E-state index is 0.0000153. The molecule has 0 unspecified atom stereocenters. The molecule has 1 N–H and O–H groups in total. The molecule has 0 bridgehead atoms. The second-order valence-electron chi connectivity index (χ2n) is 5.63. The maximum absolute atomic E-state index is 12.2. The SMILES string of the molecule is CN(C)C(=O)CCNC(=O)N1CCO[C@H](c2ccc(Br)cc2)C1. The molecule has 1 aliphatic heterocycles. The van der Waals surface area contributed by atoms with Crippen LogP contribution in [0.1, 0.15) is 18.1 Å². The van der Waals surface area contributed by atoms with Gasteiger partial charge in [0.15, 0.2) is 0 Å². The predicted octanol–water partition coefficient (Wildman–Crippen LogP) is 2.01. The van der Waals surface area contributed by atoms with Crippen LogP contribution in [0.4, 0.5) is 4.79 Å². The summed E-state index contributed by atoms with van der Waals surface area (Å²) >= 11 is 3.41. The topological polar surface area (TPSA) is 61.9 Å². The zero-order valence-electron chi connectivity index (χ0n) is 13.4. The van der Waals surface area contributed by atoms with Crippen LogP contribution < -0.4 is 5.32 Å². The average Bonchev–Trinajstić information content (AvgIpc) is 2.55. The first-order chi connectivity index (χ1) is 11.0. The smallest absolute Gasteiger partial charge is 0.317 e. The van der Waals surface area contributed by atoms with Gasteiger partial charge in [0.25, 0.3) is 0 Å². The zero-order valence-corrected chi connectivity index (χ0v) is 15.0. The molecule has 23 heavy (non-hydrogen) atoms. The van der Waals surface area contributed by atoms with Crippen molar-refractivity contribution in [3.05, 3.63) is 34.3 Å². The summed E-state index contributed by atoms with van der Waals surface area (Å²) in [7, 11) is 3.41. The molecule has 2 rings (SSSR count). The van der Waals surface area contributed by atoms with E-state index in [2.05, 4.69) is 21.2 Å². The summed E-state index contributed by atoms with van der Waals surface area (Å²) < 4.78 is 6.77. The highest BCUT2D eigenvalue weighted by Crippen LogP contribution is 2.23. The van der Waals surface area contributed by atoms with Crippen molar-refractivity contribution in [1.82, 2.24) is 15.1 Å². The van der Waals surface area contributed by atoms with Crippen molar-refractivity contribution in [3.63, 3.8) is 0 Å². The van der Waals surface area contributed by atoms with Crippen molar-refractivity contribution < 1.29 is 14.3 Å². The van der Waals surface area contributed by atoms with E-state index in [0.717, 1.165) is 10.0 Å². The van der Waals surface area contributed by atoms with E-state index in [0.29, 0.717) is 32.7 Å². The maximum Gasteiger partial charge on any atom is 0.317 e. The Morgan fingerprint density at radius 2 is 2.04 bits per heavy atom. The number of nitrogens with zero attached hydrogens (tertiary/aromatic N) is 2. The summed E-state index contributed by atoms with van der Waals surface area (Å²) in [4.78, 5) is 27.0. The van der Waals surface area contributed by atoms with Crippen molar-refractivity contribution in [3.8, 4) is 0 Å². The van der Waals surface area contributed by atoms with E-state index in [9.17, 15) is 9.59 Å². The highest BCUT2D eigenvalue weighted by molar-refractivity contribution is 9.10. The first-order valence-electron chi connectivity index (χ1n) is 7.57. The largest absolute Gasteiger partial charge is 0.370 e. The Morgan fingerprint density at radius 1 is 1.35 bits per heavy atom. The summed E-state index contributed by atoms with van der Waals surface area (Å²) in [5.41, 5.74) is 1.05. The van der Waals surface area contributed by atoms with Gasteiger partial charge in [-0.3, -0.25) is 4.79 Å². The molecular formula is C16H22BrN3O3. The number of halogens is 1. The molecule has 0 radical (unpaired) electrons. The normalized spacial score (nSPS) is 17.7. The molecule has 6 nitrogen and oxygen atoms in total. The van der Waals surface area contributed by atoms with Gasteiger partial charge in [-0.1, -0.05) is 28.1 Å². The molecule has 0 aliphatic carbocycles. The molecule has 0 saturated carbocycles. The van der Waals surface area contributed by atoms with E-state index >= 15 is 0 Å². The van der Waals surface area contributed by atoms with Gasteiger partial charge in [0.1, 0.15) is 6.10 Å². The van der Waals surface area contributed by atoms with Gasteiger partial charge in [-0.15, -0.1) is 0 Å². The molecule has 1 saturated heterocycles. The van der Waals surface area contributed by atoms with E-state index < -0.39 is 0 Å². The Bertz CT molecular complexity index is 548. The number of ether oxygens (including phenoxy) is 1. The molecule has 1 aromatic rings. The molecule has 7 heteroatoms. The Kier molecular flexibility index (Phi) is 6.41. The van der Waals surface area contributed by atoms with Crippen LogP contribution in [0, 0.1) is 0 Å². The number of hydrogen-bond donors (Lipinski definition) is 1. The highest BCUT2D eigenvalue weighted by Gasteiger charge is 2.25. The Hall–Kier alpha value is -1.60. The van der Waals surface area contributed by atoms with Crippen LogP contribution in [0.15, 0.2) is 28.7 Å². The van der Waals surface area contributed by atoms with Gasteiger partial charge < -0.3 is 19.9 Å². The first kappa shape index (κ1) is 17.7. The molecule has 1 fully saturated rings. The molecule has 1 heterocycles. The van der Waals surface area contributed by atoms with E-state index in [4.69, 9.17) is 4.74 Å². The van der Waals surface area contributed by atoms with Crippen LogP contribution in [0.3, 0.4) is 0 Å². The monoisotopic (exact) mass is 383 g/mol. The first-order valence-corrected chi connectivity index (χ1v) is 8.36. The zero-order chi connectivity index (χ0) is 16.8. The highest BCUT2D eigenvalue weighted by atomic mass is 79.9. The summed E-state index contributed by atoms with van der Waals surface area (Å²) in [6, 6.07) is 7.76. The minimum Gasteiger partial charge on any atom is -0.370 e. The second kappa shape index (κ2) is 8.31. The summed E-state index contributed by atoms with van der Waals surface area (Å²) in [6.45, 7) is 1.91. The van der Waals surface area contributed by atoms with Crippen molar-refractivity contribution in [1.29, 1.82) is 0 Å². The lowest BCUT2D eigenvalue weighted by Gasteiger charge is -2.33. The van der Waals surface area contributed by atoms with Crippen LogP contribution in [0.2, 0.25) is 0 Å². The van der Waals surface area contributed by atoms with Crippen molar-refractivity contribution in [2.45, 2.75) is 12.5 Å². The standard InChI is InChI=1S/C16H22BrN3O3/c1-19(2)15(21)7-8-18-16(22)20-9-10-23-14(11-20)12-3-5-13(17)6-4-12/h3-6,14H,7-11H2,1-2H3,(H,18,22)/t14-/m0/s1. The molecule has 0 aromatic heterocycles. The molecule has 1 aliphatic rings. The third-order valence-corrected chi connectivity index (χ3v) is 4.24. The number of carbonyl (C=O) groups is 2. The number of rotatable bonds is 4. The quantitative estimate of drug-likeness (QED) is 0.864. The lowest BCUT2D eigenvalue weighted by molar-refractivity contribution is -0.128. The van der Waals surface area contributed by atoms with Crippen LogP contribution in [0.5, 0.6) is 0 Å². The fourth-order valence-corrected chi connectivity index (χ4v) is 2.59. The second-order valence-corrected chi connectivity index (χ2v) is 6.54. The van der Waals surface area contributed by atoms with Crippen molar-refractivity contribution in [2.75, 3.05) is 40.3 Å². The Labute approximate surface area is 144 Å². The van der Waals surface area contributed by atoms with E-state index in [1.165, 1.54) is 4.90 Å². The number of hydrogen-bond acceptors (Lipinski definition) is 3. The van der Waals surface area contributed by atoms with Gasteiger partial charge in [0.05, 0.1) is 13.2 Å². The number of benzene rings is 1. The van der Waals surface area contributed by atoms with Gasteiger partial charge in [-0.25, -0.2) is 4.79 Å².